The summed E-state index contributed by atoms with van der Waals surface area (Å²) in [5.41, 5.74) is 1.13. The summed E-state index contributed by atoms with van der Waals surface area (Å²) in [6.45, 7) is 0. The second kappa shape index (κ2) is 5.74. The lowest BCUT2D eigenvalue weighted by molar-refractivity contribution is 0.0978. The van der Waals surface area contributed by atoms with E-state index in [4.69, 9.17) is 0 Å². The van der Waals surface area contributed by atoms with E-state index in [0.29, 0.717) is 11.1 Å². The van der Waals surface area contributed by atoms with Crippen molar-refractivity contribution in [3.05, 3.63) is 49.3 Å². The number of nitriles is 1. The van der Waals surface area contributed by atoms with Gasteiger partial charge >= 0.3 is 0 Å². The first-order valence-corrected chi connectivity index (χ1v) is 7.32. The molecule has 0 saturated heterocycles. The lowest BCUT2D eigenvalue weighted by atomic mass is 9.94. The van der Waals surface area contributed by atoms with Crippen LogP contribution in [-0.2, 0) is 0 Å². The molecule has 0 N–H and O–H groups in total. The maximum Gasteiger partial charge on any atom is 0.186 e. The van der Waals surface area contributed by atoms with E-state index in [9.17, 15) is 10.1 Å². The van der Waals surface area contributed by atoms with Gasteiger partial charge in [0.1, 0.15) is 5.92 Å². The lowest BCUT2D eigenvalue weighted by Gasteiger charge is -2.06. The minimum atomic E-state index is -0.823. The summed E-state index contributed by atoms with van der Waals surface area (Å²) >= 11 is 8.06. The number of pyridine rings is 1. The van der Waals surface area contributed by atoms with Crippen LogP contribution < -0.4 is 0 Å². The van der Waals surface area contributed by atoms with Crippen molar-refractivity contribution >= 4 is 49.0 Å². The molecule has 0 radical (unpaired) electrons. The summed E-state index contributed by atoms with van der Waals surface area (Å²) in [5.74, 6) is -1.05. The van der Waals surface area contributed by atoms with Gasteiger partial charge in [0.05, 0.1) is 13.6 Å². The number of hydrogen-bond acceptors (Lipinski definition) is 4. The maximum atomic E-state index is 12.3. The Morgan fingerprint density at radius 2 is 2.28 bits per heavy atom. The molecule has 0 amide bonds. The second-order valence-electron chi connectivity index (χ2n) is 3.45. The van der Waals surface area contributed by atoms with Gasteiger partial charge in [0.15, 0.2) is 5.78 Å². The van der Waals surface area contributed by atoms with Gasteiger partial charge in [0, 0.05) is 18.0 Å². The van der Waals surface area contributed by atoms with E-state index in [1.165, 1.54) is 11.3 Å². The van der Waals surface area contributed by atoms with Crippen LogP contribution in [0.1, 0.15) is 21.8 Å². The van der Waals surface area contributed by atoms with Crippen molar-refractivity contribution in [2.45, 2.75) is 5.92 Å². The lowest BCUT2D eigenvalue weighted by Crippen LogP contribution is -2.11. The number of halogens is 2. The number of thiophene rings is 1. The zero-order valence-electron chi connectivity index (χ0n) is 8.93. The third kappa shape index (κ3) is 2.69. The van der Waals surface area contributed by atoms with Crippen molar-refractivity contribution in [3.8, 4) is 6.07 Å². The molecule has 3 nitrogen and oxygen atoms in total. The van der Waals surface area contributed by atoms with Crippen molar-refractivity contribution in [3.63, 3.8) is 0 Å². The monoisotopic (exact) mass is 384 g/mol. The Kier molecular flexibility index (Phi) is 4.27. The molecule has 2 aromatic rings. The van der Waals surface area contributed by atoms with Gasteiger partial charge in [-0.2, -0.15) is 5.26 Å². The molecule has 90 valence electrons. The van der Waals surface area contributed by atoms with Gasteiger partial charge in [0.25, 0.3) is 0 Å². The van der Waals surface area contributed by atoms with Crippen molar-refractivity contribution in [1.29, 1.82) is 5.26 Å². The standard InChI is InChI=1S/C12H6Br2N2OS/c13-10-4-8(12(14)18-10)11(17)9(5-15)7-2-1-3-16-6-7/h1-4,6,9H. The highest BCUT2D eigenvalue weighted by molar-refractivity contribution is 9.12. The minimum absolute atomic E-state index is 0.223. The predicted octanol–water partition coefficient (Wildman–Crippen LogP) is 4.16. The van der Waals surface area contributed by atoms with E-state index in [2.05, 4.69) is 36.8 Å². The molecule has 0 aromatic carbocycles. The van der Waals surface area contributed by atoms with Crippen LogP contribution in [0.5, 0.6) is 0 Å². The fourth-order valence-electron chi connectivity index (χ4n) is 1.50. The number of hydrogen-bond donors (Lipinski definition) is 0. The van der Waals surface area contributed by atoms with Crippen LogP contribution in [0.25, 0.3) is 0 Å². The van der Waals surface area contributed by atoms with Crippen LogP contribution in [0, 0.1) is 11.3 Å². The summed E-state index contributed by atoms with van der Waals surface area (Å²) in [7, 11) is 0. The number of rotatable bonds is 3. The van der Waals surface area contributed by atoms with Gasteiger partial charge in [-0.15, -0.1) is 11.3 Å². The van der Waals surface area contributed by atoms with Crippen molar-refractivity contribution in [1.82, 2.24) is 4.98 Å². The third-order valence-corrected chi connectivity index (χ3v) is 4.67. The first kappa shape index (κ1) is 13.4. The van der Waals surface area contributed by atoms with Gasteiger partial charge < -0.3 is 0 Å². The molecule has 1 unspecified atom stereocenters. The molecular formula is C12H6Br2N2OS. The average Bonchev–Trinajstić information content (AvgIpc) is 2.70. The van der Waals surface area contributed by atoms with E-state index < -0.39 is 5.92 Å². The minimum Gasteiger partial charge on any atom is -0.292 e. The van der Waals surface area contributed by atoms with Crippen molar-refractivity contribution in [2.75, 3.05) is 0 Å². The van der Waals surface area contributed by atoms with Crippen LogP contribution in [-0.4, -0.2) is 10.8 Å². The Labute approximate surface area is 125 Å². The van der Waals surface area contributed by atoms with Gasteiger partial charge in [-0.05, 0) is 49.6 Å². The first-order chi connectivity index (χ1) is 8.63. The molecule has 2 heterocycles. The molecule has 0 bridgehead atoms. The number of aromatic nitrogens is 1. The smallest absolute Gasteiger partial charge is 0.186 e. The molecule has 0 aliphatic rings. The molecule has 1 atom stereocenters. The van der Waals surface area contributed by atoms with Crippen LogP contribution in [0.3, 0.4) is 0 Å². The van der Waals surface area contributed by atoms with E-state index >= 15 is 0 Å². The second-order valence-corrected chi connectivity index (χ2v) is 7.20. The largest absolute Gasteiger partial charge is 0.292 e. The number of Topliss-reactive ketones (excluding diaryl/α,β-unsaturated/α-hetero) is 1. The molecule has 0 saturated carbocycles. The Bertz CT molecular complexity index is 619. The molecule has 2 rings (SSSR count). The van der Waals surface area contributed by atoms with E-state index in [0.717, 1.165) is 7.57 Å². The highest BCUT2D eigenvalue weighted by Crippen LogP contribution is 2.34. The number of carbonyl (C=O) groups excluding carboxylic acids is 1. The maximum absolute atomic E-state index is 12.3. The number of carbonyl (C=O) groups is 1. The molecule has 0 spiro atoms. The van der Waals surface area contributed by atoms with Crippen molar-refractivity contribution < 1.29 is 4.79 Å². The van der Waals surface area contributed by atoms with Gasteiger partial charge in [-0.1, -0.05) is 6.07 Å². The Morgan fingerprint density at radius 1 is 1.50 bits per heavy atom. The quantitative estimate of drug-likeness (QED) is 0.745. The van der Waals surface area contributed by atoms with E-state index in [-0.39, 0.29) is 5.78 Å². The Hall–Kier alpha value is -1.03. The Balaban J connectivity index is 2.39. The van der Waals surface area contributed by atoms with Crippen LogP contribution in [0.4, 0.5) is 0 Å². The highest BCUT2D eigenvalue weighted by atomic mass is 79.9. The molecule has 18 heavy (non-hydrogen) atoms. The molecule has 0 aliphatic heterocycles. The molecular weight excluding hydrogens is 380 g/mol. The summed E-state index contributed by atoms with van der Waals surface area (Å²) in [4.78, 5) is 16.3. The summed E-state index contributed by atoms with van der Waals surface area (Å²) in [5, 5.41) is 9.19. The third-order valence-electron chi connectivity index (χ3n) is 2.33. The fraction of sp³-hybridized carbons (Fsp3) is 0.0833. The van der Waals surface area contributed by atoms with Crippen LogP contribution in [0.2, 0.25) is 0 Å². The number of nitrogens with zero attached hydrogens (tertiary/aromatic N) is 2. The molecule has 0 aliphatic carbocycles. The Morgan fingerprint density at radius 3 is 2.78 bits per heavy atom. The van der Waals surface area contributed by atoms with Crippen molar-refractivity contribution in [2.24, 2.45) is 0 Å². The van der Waals surface area contributed by atoms with Crippen LogP contribution in [0.15, 0.2) is 38.2 Å². The fourth-order valence-corrected chi connectivity index (χ4v) is 4.31. The highest BCUT2D eigenvalue weighted by Gasteiger charge is 2.25. The summed E-state index contributed by atoms with van der Waals surface area (Å²) in [6.07, 6.45) is 3.15. The van der Waals surface area contributed by atoms with E-state index in [1.807, 2.05) is 6.07 Å². The zero-order valence-corrected chi connectivity index (χ0v) is 12.9. The first-order valence-electron chi connectivity index (χ1n) is 4.92. The molecule has 6 heteroatoms. The van der Waals surface area contributed by atoms with Crippen LogP contribution >= 0.6 is 43.2 Å². The van der Waals surface area contributed by atoms with Gasteiger partial charge in [-0.3, -0.25) is 9.78 Å². The van der Waals surface area contributed by atoms with E-state index in [1.54, 1.807) is 30.6 Å². The summed E-state index contributed by atoms with van der Waals surface area (Å²) < 4.78 is 1.57. The number of ketones is 1. The summed E-state index contributed by atoms with van der Waals surface area (Å²) in [6, 6.07) is 7.20. The topological polar surface area (TPSA) is 53.8 Å². The van der Waals surface area contributed by atoms with Gasteiger partial charge in [0.2, 0.25) is 0 Å². The molecule has 2 aromatic heterocycles. The average molecular weight is 386 g/mol. The molecule has 0 fully saturated rings. The van der Waals surface area contributed by atoms with Gasteiger partial charge in [-0.25, -0.2) is 0 Å². The normalized spacial score (nSPS) is 11.8. The zero-order chi connectivity index (χ0) is 13.1. The SMILES string of the molecule is N#CC(C(=O)c1cc(Br)sc1Br)c1cccnc1. The predicted molar refractivity (Wildman–Crippen MR) is 76.6 cm³/mol.